The number of rotatable bonds is 2. The fourth-order valence-corrected chi connectivity index (χ4v) is 3.53. The third kappa shape index (κ3) is 3.82. The molecule has 1 unspecified atom stereocenters. The van der Waals surface area contributed by atoms with Crippen molar-refractivity contribution in [3.05, 3.63) is 33.8 Å². The molecule has 2 aliphatic rings. The second-order valence-corrected chi connectivity index (χ2v) is 6.79. The number of nitrogens with zero attached hydrogens (tertiary/aromatic N) is 2. The molecule has 1 N–H and O–H groups in total. The summed E-state index contributed by atoms with van der Waals surface area (Å²) in [6.45, 7) is 7.91. The van der Waals surface area contributed by atoms with Gasteiger partial charge in [0.05, 0.1) is 0 Å². The molecule has 0 spiro atoms. The Hall–Kier alpha value is -0.620. The van der Waals surface area contributed by atoms with E-state index in [0.29, 0.717) is 6.04 Å². The number of aryl methyl sites for hydroxylation is 1. The van der Waals surface area contributed by atoms with Gasteiger partial charge < -0.3 is 10.2 Å². The highest BCUT2D eigenvalue weighted by molar-refractivity contribution is 9.10. The van der Waals surface area contributed by atoms with Crippen molar-refractivity contribution in [2.24, 2.45) is 0 Å². The van der Waals surface area contributed by atoms with Crippen molar-refractivity contribution in [2.75, 3.05) is 39.3 Å². The van der Waals surface area contributed by atoms with Gasteiger partial charge in [-0.25, -0.2) is 0 Å². The van der Waals surface area contributed by atoms with Gasteiger partial charge in [0.15, 0.2) is 0 Å². The Morgan fingerprint density at radius 3 is 2.59 bits per heavy atom. The molecule has 0 bridgehead atoms. The number of hydrogen-bond acceptors (Lipinski definition) is 3. The first-order chi connectivity index (χ1) is 10.1. The number of hydrogen-bond donors (Lipinski definition) is 1. The minimum absolute atomic E-state index is 0. The van der Waals surface area contributed by atoms with E-state index in [1.54, 1.807) is 0 Å². The number of carbonyl (C=O) groups is 1. The Morgan fingerprint density at radius 2 is 2.00 bits per heavy atom. The van der Waals surface area contributed by atoms with Crippen LogP contribution < -0.4 is 5.32 Å². The van der Waals surface area contributed by atoms with Gasteiger partial charge in [-0.1, -0.05) is 22.0 Å². The number of nitrogens with one attached hydrogen (secondary N) is 1. The second-order valence-electron chi connectivity index (χ2n) is 5.94. The quantitative estimate of drug-likeness (QED) is 0.844. The van der Waals surface area contributed by atoms with Gasteiger partial charge in [-0.3, -0.25) is 9.69 Å². The van der Waals surface area contributed by atoms with E-state index < -0.39 is 0 Å². The molecule has 1 amide bonds. The van der Waals surface area contributed by atoms with Crippen LogP contribution in [0.3, 0.4) is 0 Å². The van der Waals surface area contributed by atoms with Crippen LogP contribution in [0.5, 0.6) is 0 Å². The monoisotopic (exact) mass is 387 g/mol. The van der Waals surface area contributed by atoms with Crippen molar-refractivity contribution in [1.29, 1.82) is 0 Å². The number of amides is 1. The topological polar surface area (TPSA) is 35.6 Å². The zero-order valence-electron chi connectivity index (χ0n) is 12.8. The summed E-state index contributed by atoms with van der Waals surface area (Å²) in [5, 5.41) is 3.41. The summed E-state index contributed by atoms with van der Waals surface area (Å²) in [7, 11) is 0. The average Bonchev–Trinajstić information content (AvgIpc) is 3.04. The summed E-state index contributed by atoms with van der Waals surface area (Å²) >= 11 is 3.51. The lowest BCUT2D eigenvalue weighted by molar-refractivity contribution is 0.0584. The molecule has 2 saturated heterocycles. The highest BCUT2D eigenvalue weighted by Gasteiger charge is 2.28. The van der Waals surface area contributed by atoms with Gasteiger partial charge in [-0.05, 0) is 37.6 Å². The third-order valence-electron chi connectivity index (χ3n) is 4.57. The zero-order valence-corrected chi connectivity index (χ0v) is 15.3. The first-order valence-electron chi connectivity index (χ1n) is 7.65. The largest absolute Gasteiger partial charge is 0.336 e. The van der Waals surface area contributed by atoms with Crippen molar-refractivity contribution < 1.29 is 4.79 Å². The predicted octanol–water partition coefficient (Wildman–Crippen LogP) is 2.30. The first kappa shape index (κ1) is 17.7. The van der Waals surface area contributed by atoms with Crippen molar-refractivity contribution in [1.82, 2.24) is 15.1 Å². The molecule has 1 atom stereocenters. The van der Waals surface area contributed by atoms with E-state index in [1.807, 2.05) is 30.0 Å². The van der Waals surface area contributed by atoms with Gasteiger partial charge in [0.1, 0.15) is 0 Å². The SMILES string of the molecule is Cc1ccc(C(=O)N2CCN(C3CCNC3)CC2)cc1Br.Cl. The number of piperazine rings is 1. The van der Waals surface area contributed by atoms with E-state index in [1.165, 1.54) is 6.42 Å². The maximum Gasteiger partial charge on any atom is 0.253 e. The van der Waals surface area contributed by atoms with E-state index in [9.17, 15) is 4.79 Å². The van der Waals surface area contributed by atoms with Gasteiger partial charge in [0.25, 0.3) is 5.91 Å². The van der Waals surface area contributed by atoms with E-state index in [4.69, 9.17) is 0 Å². The lowest BCUT2D eigenvalue weighted by Gasteiger charge is -2.37. The molecule has 2 fully saturated rings. The van der Waals surface area contributed by atoms with Crippen LogP contribution in [-0.4, -0.2) is 61.0 Å². The Morgan fingerprint density at radius 1 is 1.27 bits per heavy atom. The molecule has 4 nitrogen and oxygen atoms in total. The normalized spacial score (nSPS) is 22.5. The fourth-order valence-electron chi connectivity index (χ4n) is 3.15. The van der Waals surface area contributed by atoms with E-state index in [-0.39, 0.29) is 18.3 Å². The Balaban J connectivity index is 0.00000176. The maximum absolute atomic E-state index is 12.6. The molecule has 1 aromatic rings. The summed E-state index contributed by atoms with van der Waals surface area (Å²) < 4.78 is 1.00. The van der Waals surface area contributed by atoms with Gasteiger partial charge in [0, 0.05) is 48.8 Å². The minimum atomic E-state index is 0. The number of halogens is 2. The van der Waals surface area contributed by atoms with E-state index >= 15 is 0 Å². The highest BCUT2D eigenvalue weighted by Crippen LogP contribution is 2.20. The highest BCUT2D eigenvalue weighted by atomic mass is 79.9. The maximum atomic E-state index is 12.6. The van der Waals surface area contributed by atoms with Crippen LogP contribution in [0.1, 0.15) is 22.3 Å². The van der Waals surface area contributed by atoms with Crippen molar-refractivity contribution in [3.8, 4) is 0 Å². The summed E-state index contributed by atoms with van der Waals surface area (Å²) in [6, 6.07) is 6.52. The molecule has 122 valence electrons. The third-order valence-corrected chi connectivity index (χ3v) is 5.43. The van der Waals surface area contributed by atoms with Gasteiger partial charge in [-0.15, -0.1) is 12.4 Å². The Kier molecular flexibility index (Phi) is 6.26. The van der Waals surface area contributed by atoms with Gasteiger partial charge >= 0.3 is 0 Å². The summed E-state index contributed by atoms with van der Waals surface area (Å²) in [5.41, 5.74) is 1.94. The van der Waals surface area contributed by atoms with Gasteiger partial charge in [0.2, 0.25) is 0 Å². The smallest absolute Gasteiger partial charge is 0.253 e. The van der Waals surface area contributed by atoms with Crippen molar-refractivity contribution in [2.45, 2.75) is 19.4 Å². The molecule has 2 heterocycles. The van der Waals surface area contributed by atoms with Crippen LogP contribution in [0.15, 0.2) is 22.7 Å². The molecule has 0 radical (unpaired) electrons. The molecule has 0 aliphatic carbocycles. The van der Waals surface area contributed by atoms with Crippen LogP contribution >= 0.6 is 28.3 Å². The van der Waals surface area contributed by atoms with Crippen LogP contribution in [-0.2, 0) is 0 Å². The lowest BCUT2D eigenvalue weighted by atomic mass is 10.1. The molecule has 1 aromatic carbocycles. The Bertz CT molecular complexity index is 526. The van der Waals surface area contributed by atoms with E-state index in [0.717, 1.165) is 54.9 Å². The van der Waals surface area contributed by atoms with Crippen LogP contribution in [0.2, 0.25) is 0 Å². The van der Waals surface area contributed by atoms with Gasteiger partial charge in [-0.2, -0.15) is 0 Å². The molecule has 3 rings (SSSR count). The minimum Gasteiger partial charge on any atom is -0.336 e. The molecule has 6 heteroatoms. The lowest BCUT2D eigenvalue weighted by Crippen LogP contribution is -2.52. The van der Waals surface area contributed by atoms with E-state index in [2.05, 4.69) is 26.1 Å². The second kappa shape index (κ2) is 7.77. The summed E-state index contributed by atoms with van der Waals surface area (Å²) in [5.74, 6) is 0.153. The number of benzene rings is 1. The van der Waals surface area contributed by atoms with Crippen molar-refractivity contribution >= 4 is 34.2 Å². The predicted molar refractivity (Wildman–Crippen MR) is 94.9 cm³/mol. The van der Waals surface area contributed by atoms with Crippen LogP contribution in [0.25, 0.3) is 0 Å². The molecular weight excluding hydrogens is 366 g/mol. The van der Waals surface area contributed by atoms with Crippen LogP contribution in [0.4, 0.5) is 0 Å². The molecule has 0 aromatic heterocycles. The Labute approximate surface area is 146 Å². The molecule has 0 saturated carbocycles. The zero-order chi connectivity index (χ0) is 14.8. The molecular formula is C16H23BrClN3O. The first-order valence-corrected chi connectivity index (χ1v) is 8.44. The fraction of sp³-hybridized carbons (Fsp3) is 0.562. The molecule has 22 heavy (non-hydrogen) atoms. The standard InChI is InChI=1S/C16H22BrN3O.ClH/c1-12-2-3-13(10-15(12)17)16(21)20-8-6-19(7-9-20)14-4-5-18-11-14;/h2-3,10,14,18H,4-9,11H2,1H3;1H. The summed E-state index contributed by atoms with van der Waals surface area (Å²) in [6.07, 6.45) is 1.23. The molecule has 2 aliphatic heterocycles. The van der Waals surface area contributed by atoms with Crippen LogP contribution in [0, 0.1) is 6.92 Å². The van der Waals surface area contributed by atoms with Crippen molar-refractivity contribution in [3.63, 3.8) is 0 Å². The average molecular weight is 389 g/mol. The number of carbonyl (C=O) groups excluding carboxylic acids is 1. The summed E-state index contributed by atoms with van der Waals surface area (Å²) in [4.78, 5) is 17.1.